The molecule has 0 bridgehead atoms. The minimum atomic E-state index is 0.655. The Kier molecular flexibility index (Phi) is 4.62. The summed E-state index contributed by atoms with van der Waals surface area (Å²) >= 11 is 0. The maximum absolute atomic E-state index is 3.61. The predicted octanol–water partition coefficient (Wildman–Crippen LogP) is 1.82. The molecular weight excluding hydrogens is 148 g/mol. The Morgan fingerprint density at radius 1 is 1.17 bits per heavy atom. The molecule has 2 heteroatoms. The van der Waals surface area contributed by atoms with Gasteiger partial charge in [-0.3, -0.25) is 4.90 Å². The lowest BCUT2D eigenvalue weighted by Crippen LogP contribution is -2.44. The molecule has 1 unspecified atom stereocenters. The van der Waals surface area contributed by atoms with Gasteiger partial charge in [0.2, 0.25) is 0 Å². The molecule has 1 aliphatic rings. The first-order chi connectivity index (χ1) is 5.88. The second-order valence-electron chi connectivity index (χ2n) is 3.54. The van der Waals surface area contributed by atoms with Crippen molar-refractivity contribution in [1.82, 2.24) is 10.2 Å². The lowest BCUT2D eigenvalue weighted by Gasteiger charge is -2.29. The summed E-state index contributed by atoms with van der Waals surface area (Å²) in [7, 11) is 0. The standard InChI is InChI=1S/C10H22N2/c1-3-12(4-2)10-8-6-5-7-9-11-10/h10-11H,3-9H2,1-2H3. The van der Waals surface area contributed by atoms with Crippen molar-refractivity contribution < 1.29 is 0 Å². The summed E-state index contributed by atoms with van der Waals surface area (Å²) in [6, 6.07) is 0. The lowest BCUT2D eigenvalue weighted by atomic mass is 10.2. The Hall–Kier alpha value is -0.0800. The van der Waals surface area contributed by atoms with Gasteiger partial charge < -0.3 is 5.32 Å². The van der Waals surface area contributed by atoms with Crippen molar-refractivity contribution in [1.29, 1.82) is 0 Å². The highest BCUT2D eigenvalue weighted by Gasteiger charge is 2.15. The highest BCUT2D eigenvalue weighted by atomic mass is 15.3. The average Bonchev–Trinajstić information content (AvgIpc) is 2.35. The Balaban J connectivity index is 2.35. The van der Waals surface area contributed by atoms with Crippen LogP contribution < -0.4 is 5.32 Å². The van der Waals surface area contributed by atoms with Crippen molar-refractivity contribution in [2.45, 2.75) is 45.7 Å². The fourth-order valence-corrected chi connectivity index (χ4v) is 1.99. The van der Waals surface area contributed by atoms with Gasteiger partial charge in [-0.1, -0.05) is 26.7 Å². The number of hydrogen-bond acceptors (Lipinski definition) is 2. The van der Waals surface area contributed by atoms with Crippen LogP contribution >= 0.6 is 0 Å². The van der Waals surface area contributed by atoms with Crippen LogP contribution in [0.25, 0.3) is 0 Å². The summed E-state index contributed by atoms with van der Waals surface area (Å²) < 4.78 is 0. The zero-order valence-corrected chi connectivity index (χ0v) is 8.47. The van der Waals surface area contributed by atoms with Gasteiger partial charge in [0, 0.05) is 0 Å². The van der Waals surface area contributed by atoms with Crippen LogP contribution in [0.3, 0.4) is 0 Å². The van der Waals surface area contributed by atoms with Crippen LogP contribution in [0, 0.1) is 0 Å². The maximum atomic E-state index is 3.61. The van der Waals surface area contributed by atoms with E-state index in [1.54, 1.807) is 0 Å². The molecule has 1 atom stereocenters. The van der Waals surface area contributed by atoms with E-state index < -0.39 is 0 Å². The van der Waals surface area contributed by atoms with E-state index in [0.29, 0.717) is 6.17 Å². The fraction of sp³-hybridized carbons (Fsp3) is 1.00. The average molecular weight is 170 g/mol. The monoisotopic (exact) mass is 170 g/mol. The first-order valence-corrected chi connectivity index (χ1v) is 5.36. The van der Waals surface area contributed by atoms with E-state index in [4.69, 9.17) is 0 Å². The van der Waals surface area contributed by atoms with Crippen LogP contribution in [-0.4, -0.2) is 30.7 Å². The summed E-state index contributed by atoms with van der Waals surface area (Å²) in [6.45, 7) is 8.05. The van der Waals surface area contributed by atoms with Crippen LogP contribution in [0.4, 0.5) is 0 Å². The van der Waals surface area contributed by atoms with E-state index in [1.165, 1.54) is 45.3 Å². The third-order valence-electron chi connectivity index (χ3n) is 2.79. The van der Waals surface area contributed by atoms with Gasteiger partial charge in [0.1, 0.15) is 0 Å². The van der Waals surface area contributed by atoms with E-state index in [9.17, 15) is 0 Å². The molecule has 1 N–H and O–H groups in total. The second kappa shape index (κ2) is 5.55. The zero-order valence-electron chi connectivity index (χ0n) is 8.47. The van der Waals surface area contributed by atoms with Crippen molar-refractivity contribution >= 4 is 0 Å². The van der Waals surface area contributed by atoms with Crippen molar-refractivity contribution in [3.05, 3.63) is 0 Å². The van der Waals surface area contributed by atoms with Crippen LogP contribution in [0.2, 0.25) is 0 Å². The summed E-state index contributed by atoms with van der Waals surface area (Å²) in [5, 5.41) is 3.61. The lowest BCUT2D eigenvalue weighted by molar-refractivity contribution is 0.177. The van der Waals surface area contributed by atoms with E-state index >= 15 is 0 Å². The summed E-state index contributed by atoms with van der Waals surface area (Å²) in [4.78, 5) is 2.52. The first kappa shape index (κ1) is 10.0. The van der Waals surface area contributed by atoms with Crippen molar-refractivity contribution in [3.8, 4) is 0 Å². The van der Waals surface area contributed by atoms with Crippen molar-refractivity contribution in [2.24, 2.45) is 0 Å². The molecule has 2 nitrogen and oxygen atoms in total. The van der Waals surface area contributed by atoms with Gasteiger partial charge in [-0.2, -0.15) is 0 Å². The van der Waals surface area contributed by atoms with E-state index in [2.05, 4.69) is 24.1 Å². The Morgan fingerprint density at radius 2 is 1.92 bits per heavy atom. The molecule has 0 aromatic carbocycles. The molecule has 1 fully saturated rings. The number of hydrogen-bond donors (Lipinski definition) is 1. The van der Waals surface area contributed by atoms with E-state index in [1.807, 2.05) is 0 Å². The number of nitrogens with zero attached hydrogens (tertiary/aromatic N) is 1. The molecule has 0 radical (unpaired) electrons. The first-order valence-electron chi connectivity index (χ1n) is 5.36. The molecule has 1 heterocycles. The summed E-state index contributed by atoms with van der Waals surface area (Å²) in [5.74, 6) is 0. The SMILES string of the molecule is CCN(CC)C1CCCCCN1. The Bertz CT molecular complexity index is 102. The molecular formula is C10H22N2. The Labute approximate surface area is 76.3 Å². The molecule has 0 aromatic rings. The van der Waals surface area contributed by atoms with Crippen molar-refractivity contribution in [2.75, 3.05) is 19.6 Å². The molecule has 72 valence electrons. The summed E-state index contributed by atoms with van der Waals surface area (Å²) in [6.07, 6.45) is 6.15. The molecule has 1 aliphatic heterocycles. The summed E-state index contributed by atoms with van der Waals surface area (Å²) in [5.41, 5.74) is 0. The quantitative estimate of drug-likeness (QED) is 0.695. The van der Waals surface area contributed by atoms with E-state index in [-0.39, 0.29) is 0 Å². The third kappa shape index (κ3) is 2.76. The number of rotatable bonds is 3. The van der Waals surface area contributed by atoms with Gasteiger partial charge in [0.25, 0.3) is 0 Å². The van der Waals surface area contributed by atoms with Gasteiger partial charge in [0.15, 0.2) is 0 Å². The van der Waals surface area contributed by atoms with Gasteiger partial charge in [-0.15, -0.1) is 0 Å². The van der Waals surface area contributed by atoms with Gasteiger partial charge in [0.05, 0.1) is 6.17 Å². The minimum Gasteiger partial charge on any atom is -0.302 e. The number of nitrogens with one attached hydrogen (secondary N) is 1. The van der Waals surface area contributed by atoms with Crippen molar-refractivity contribution in [3.63, 3.8) is 0 Å². The molecule has 12 heavy (non-hydrogen) atoms. The normalized spacial score (nSPS) is 25.8. The molecule has 0 spiro atoms. The van der Waals surface area contributed by atoms with Crippen LogP contribution in [-0.2, 0) is 0 Å². The van der Waals surface area contributed by atoms with E-state index in [0.717, 1.165) is 0 Å². The third-order valence-corrected chi connectivity index (χ3v) is 2.79. The highest BCUT2D eigenvalue weighted by Crippen LogP contribution is 2.11. The smallest absolute Gasteiger partial charge is 0.0596 e. The fourth-order valence-electron chi connectivity index (χ4n) is 1.99. The van der Waals surface area contributed by atoms with Gasteiger partial charge >= 0.3 is 0 Å². The zero-order chi connectivity index (χ0) is 8.81. The van der Waals surface area contributed by atoms with Crippen LogP contribution in [0.5, 0.6) is 0 Å². The molecule has 0 saturated carbocycles. The van der Waals surface area contributed by atoms with Gasteiger partial charge in [-0.25, -0.2) is 0 Å². The van der Waals surface area contributed by atoms with Gasteiger partial charge in [-0.05, 0) is 32.5 Å². The minimum absolute atomic E-state index is 0.655. The van der Waals surface area contributed by atoms with Crippen LogP contribution in [0.1, 0.15) is 39.5 Å². The Morgan fingerprint density at radius 3 is 2.58 bits per heavy atom. The molecule has 0 aromatic heterocycles. The largest absolute Gasteiger partial charge is 0.302 e. The predicted molar refractivity (Wildman–Crippen MR) is 53.2 cm³/mol. The molecule has 1 saturated heterocycles. The molecule has 1 rings (SSSR count). The molecule has 0 amide bonds. The second-order valence-corrected chi connectivity index (χ2v) is 3.54. The maximum Gasteiger partial charge on any atom is 0.0596 e. The highest BCUT2D eigenvalue weighted by molar-refractivity contribution is 4.70. The van der Waals surface area contributed by atoms with Crippen LogP contribution in [0.15, 0.2) is 0 Å². The molecule has 0 aliphatic carbocycles. The topological polar surface area (TPSA) is 15.3 Å².